The van der Waals surface area contributed by atoms with Crippen LogP contribution in [0.25, 0.3) is 0 Å². The molecule has 0 radical (unpaired) electrons. The zero-order valence-electron chi connectivity index (χ0n) is 8.77. The molecule has 8 heteroatoms. The minimum absolute atomic E-state index is 0. The van der Waals surface area contributed by atoms with Crippen LogP contribution in [-0.2, 0) is 26.7 Å². The van der Waals surface area contributed by atoms with Crippen LogP contribution in [0.5, 0.6) is 0 Å². The predicted molar refractivity (Wildman–Crippen MR) is 57.2 cm³/mol. The minimum atomic E-state index is -3.26. The van der Waals surface area contributed by atoms with Gasteiger partial charge >= 0.3 is 29.6 Å². The van der Waals surface area contributed by atoms with E-state index in [4.69, 9.17) is 11.6 Å². The molecule has 4 nitrogen and oxygen atoms in total. The topological polar surface area (TPSA) is 74.3 Å². The number of hydrogen-bond donors (Lipinski definition) is 0. The first-order chi connectivity index (χ1) is 6.79. The van der Waals surface area contributed by atoms with E-state index < -0.39 is 20.9 Å². The van der Waals surface area contributed by atoms with Crippen LogP contribution >= 0.6 is 11.6 Å². The molecule has 84 valence electrons. The molecular weight excluding hydrogens is 283 g/mol. The van der Waals surface area contributed by atoms with Gasteiger partial charge in [0.1, 0.15) is 0 Å². The molecule has 0 bridgehead atoms. The number of sulfone groups is 1. The van der Waals surface area contributed by atoms with Gasteiger partial charge in [-0.1, -0.05) is 17.7 Å². The van der Waals surface area contributed by atoms with E-state index in [-0.39, 0.29) is 50.8 Å². The smallest absolute Gasteiger partial charge is 0.768 e. The van der Waals surface area contributed by atoms with Crippen molar-refractivity contribution in [3.63, 3.8) is 0 Å². The van der Waals surface area contributed by atoms with E-state index in [0.717, 1.165) is 6.26 Å². The van der Waals surface area contributed by atoms with Crippen LogP contribution in [0.2, 0.25) is 5.02 Å². The maximum atomic E-state index is 11.0. The summed E-state index contributed by atoms with van der Waals surface area (Å²) in [7, 11) is -3.26. The number of halogens is 1. The Bertz CT molecular complexity index is 501. The summed E-state index contributed by atoms with van der Waals surface area (Å²) in [5, 5.41) is 0.256. The number of benzene rings is 1. The van der Waals surface area contributed by atoms with Crippen LogP contribution in [0.1, 0.15) is 5.56 Å². The van der Waals surface area contributed by atoms with Crippen LogP contribution in [-0.4, -0.2) is 23.4 Å². The minimum Gasteiger partial charge on any atom is -0.768 e. The van der Waals surface area contributed by atoms with Crippen molar-refractivity contribution in [2.75, 3.05) is 6.26 Å². The summed E-state index contributed by atoms with van der Waals surface area (Å²) in [6.45, 7) is 0. The van der Waals surface area contributed by atoms with E-state index in [9.17, 15) is 17.2 Å². The summed E-state index contributed by atoms with van der Waals surface area (Å²) in [6, 6.07) is 4.08. The maximum Gasteiger partial charge on any atom is 1.00 e. The molecule has 0 aliphatic carbocycles. The Hall–Kier alpha value is 0.570. The van der Waals surface area contributed by atoms with Crippen molar-refractivity contribution < 1.29 is 46.7 Å². The van der Waals surface area contributed by atoms with Crippen LogP contribution in [0.15, 0.2) is 23.1 Å². The van der Waals surface area contributed by atoms with Gasteiger partial charge in [0, 0.05) is 16.2 Å². The van der Waals surface area contributed by atoms with Crippen LogP contribution < -0.4 is 29.6 Å². The SMILES string of the molecule is CS(=O)(=O)Cc1ccc(Cl)cc1S(=O)[O-].[Na+]. The quantitative estimate of drug-likeness (QED) is 0.483. The van der Waals surface area contributed by atoms with Gasteiger partial charge in [0.25, 0.3) is 0 Å². The molecule has 0 N–H and O–H groups in total. The van der Waals surface area contributed by atoms with Crippen molar-refractivity contribution in [3.8, 4) is 0 Å². The van der Waals surface area contributed by atoms with Crippen molar-refractivity contribution in [2.45, 2.75) is 10.6 Å². The third-order valence-corrected chi connectivity index (χ3v) is 3.44. The van der Waals surface area contributed by atoms with E-state index in [2.05, 4.69) is 0 Å². The normalized spacial score (nSPS) is 12.9. The Labute approximate surface area is 124 Å². The fourth-order valence-electron chi connectivity index (χ4n) is 1.09. The maximum absolute atomic E-state index is 11.0. The molecule has 0 saturated carbocycles. The Morgan fingerprint density at radius 1 is 1.44 bits per heavy atom. The van der Waals surface area contributed by atoms with E-state index in [0.29, 0.717) is 0 Å². The largest absolute Gasteiger partial charge is 1.00 e. The standard InChI is InChI=1S/C8H9ClO4S2.Na/c1-15(12,13)5-6-2-3-7(9)4-8(6)14(10)11;/h2-4H,5H2,1H3,(H,10,11);/q;+1/p-1. The van der Waals surface area contributed by atoms with Gasteiger partial charge in [-0.05, 0) is 28.8 Å². The molecule has 16 heavy (non-hydrogen) atoms. The summed E-state index contributed by atoms with van der Waals surface area (Å²) in [5.41, 5.74) is 0.232. The second-order valence-electron chi connectivity index (χ2n) is 3.06. The molecule has 0 heterocycles. The van der Waals surface area contributed by atoms with E-state index in [1.807, 2.05) is 0 Å². The van der Waals surface area contributed by atoms with Crippen molar-refractivity contribution in [1.82, 2.24) is 0 Å². The van der Waals surface area contributed by atoms with Gasteiger partial charge in [0.2, 0.25) is 0 Å². The average molecular weight is 291 g/mol. The summed E-state index contributed by atoms with van der Waals surface area (Å²) in [6.07, 6.45) is 1.04. The third kappa shape index (κ3) is 5.27. The van der Waals surface area contributed by atoms with Gasteiger partial charge in [0.15, 0.2) is 9.84 Å². The van der Waals surface area contributed by atoms with Crippen molar-refractivity contribution in [2.24, 2.45) is 0 Å². The summed E-state index contributed by atoms with van der Waals surface area (Å²) in [4.78, 5) is -0.0760. The first-order valence-electron chi connectivity index (χ1n) is 3.85. The molecule has 1 aromatic rings. The van der Waals surface area contributed by atoms with E-state index in [1.54, 1.807) is 0 Å². The van der Waals surface area contributed by atoms with E-state index >= 15 is 0 Å². The first-order valence-corrected chi connectivity index (χ1v) is 7.36. The van der Waals surface area contributed by atoms with Crippen LogP contribution in [0, 0.1) is 0 Å². The van der Waals surface area contributed by atoms with Crippen LogP contribution in [0.4, 0.5) is 0 Å². The van der Waals surface area contributed by atoms with Gasteiger partial charge in [0.05, 0.1) is 5.75 Å². The summed E-state index contributed by atoms with van der Waals surface area (Å²) >= 11 is 3.12. The molecule has 1 unspecified atom stereocenters. The summed E-state index contributed by atoms with van der Waals surface area (Å²) in [5.74, 6) is -0.312. The molecule has 1 rings (SSSR count). The molecule has 0 saturated heterocycles. The monoisotopic (exact) mass is 290 g/mol. The van der Waals surface area contributed by atoms with Crippen molar-refractivity contribution >= 4 is 32.5 Å². The number of hydrogen-bond acceptors (Lipinski definition) is 4. The molecule has 1 aromatic carbocycles. The fraction of sp³-hybridized carbons (Fsp3) is 0.250. The molecule has 1 atom stereocenters. The Morgan fingerprint density at radius 2 is 2.00 bits per heavy atom. The summed E-state index contributed by atoms with van der Waals surface area (Å²) < 4.78 is 43.7. The molecule has 0 aromatic heterocycles. The van der Waals surface area contributed by atoms with Gasteiger partial charge in [-0.2, -0.15) is 0 Å². The Balaban J connectivity index is 0.00000225. The fourth-order valence-corrected chi connectivity index (χ4v) is 2.81. The second-order valence-corrected chi connectivity index (χ2v) is 6.54. The zero-order chi connectivity index (χ0) is 11.6. The van der Waals surface area contributed by atoms with Gasteiger partial charge in [-0.25, -0.2) is 8.42 Å². The average Bonchev–Trinajstić information content (AvgIpc) is 2.05. The van der Waals surface area contributed by atoms with Gasteiger partial charge in [-0.15, -0.1) is 0 Å². The zero-order valence-corrected chi connectivity index (χ0v) is 13.2. The third-order valence-electron chi connectivity index (χ3n) is 1.63. The molecular formula is C8H8ClNaO4S2. The molecule has 0 spiro atoms. The van der Waals surface area contributed by atoms with Crippen LogP contribution in [0.3, 0.4) is 0 Å². The molecule has 0 aliphatic rings. The molecule has 0 amide bonds. The van der Waals surface area contributed by atoms with Crippen molar-refractivity contribution in [3.05, 3.63) is 28.8 Å². The second kappa shape index (κ2) is 6.49. The Kier molecular flexibility index (Phi) is 6.72. The van der Waals surface area contributed by atoms with Crippen molar-refractivity contribution in [1.29, 1.82) is 0 Å². The first kappa shape index (κ1) is 16.6. The number of rotatable bonds is 3. The molecule has 0 fully saturated rings. The molecule has 0 aliphatic heterocycles. The van der Waals surface area contributed by atoms with E-state index in [1.165, 1.54) is 18.2 Å². The van der Waals surface area contributed by atoms with Gasteiger partial charge < -0.3 is 4.55 Å². The Morgan fingerprint density at radius 3 is 2.44 bits per heavy atom. The predicted octanol–water partition coefficient (Wildman–Crippen LogP) is -1.87. The van der Waals surface area contributed by atoms with Gasteiger partial charge in [-0.3, -0.25) is 4.21 Å².